The fourth-order valence-corrected chi connectivity index (χ4v) is 1.51. The second-order valence-corrected chi connectivity index (χ2v) is 3.25. The van der Waals surface area contributed by atoms with Crippen molar-refractivity contribution < 1.29 is 4.74 Å². The van der Waals surface area contributed by atoms with E-state index in [4.69, 9.17) is 10.00 Å². The maximum atomic E-state index is 8.78. The van der Waals surface area contributed by atoms with E-state index in [1.54, 1.807) is 7.11 Å². The molecule has 0 saturated carbocycles. The standard InChI is InChI=1S/C12H13NO/c1-8-5-9(2)12(14-4)11(6-8)10(3)7-13/h5-6H,3H2,1-2,4H3. The fourth-order valence-electron chi connectivity index (χ4n) is 1.51. The van der Waals surface area contributed by atoms with Crippen molar-refractivity contribution in [1.82, 2.24) is 0 Å². The monoisotopic (exact) mass is 187 g/mol. The molecule has 0 spiro atoms. The van der Waals surface area contributed by atoms with E-state index in [1.807, 2.05) is 32.0 Å². The molecule has 72 valence electrons. The first-order valence-electron chi connectivity index (χ1n) is 4.34. The first-order chi connectivity index (χ1) is 6.60. The van der Waals surface area contributed by atoms with E-state index in [0.717, 1.165) is 22.4 Å². The molecular formula is C12H13NO. The third kappa shape index (κ3) is 1.77. The number of aryl methyl sites for hydroxylation is 2. The van der Waals surface area contributed by atoms with Crippen molar-refractivity contribution in [3.8, 4) is 11.8 Å². The van der Waals surface area contributed by atoms with Crippen LogP contribution in [0.3, 0.4) is 0 Å². The van der Waals surface area contributed by atoms with Crippen LogP contribution in [0.15, 0.2) is 18.7 Å². The summed E-state index contributed by atoms with van der Waals surface area (Å²) in [6.45, 7) is 7.64. The summed E-state index contributed by atoms with van der Waals surface area (Å²) in [7, 11) is 1.60. The van der Waals surface area contributed by atoms with Crippen molar-refractivity contribution in [3.05, 3.63) is 35.4 Å². The third-order valence-electron chi connectivity index (χ3n) is 2.08. The van der Waals surface area contributed by atoms with Crippen molar-refractivity contribution in [3.63, 3.8) is 0 Å². The molecule has 2 nitrogen and oxygen atoms in total. The van der Waals surface area contributed by atoms with Gasteiger partial charge in [-0.2, -0.15) is 5.26 Å². The summed E-state index contributed by atoms with van der Waals surface area (Å²) in [5.41, 5.74) is 3.36. The topological polar surface area (TPSA) is 33.0 Å². The van der Waals surface area contributed by atoms with Crippen molar-refractivity contribution in [2.45, 2.75) is 13.8 Å². The molecule has 0 atom stereocenters. The second-order valence-electron chi connectivity index (χ2n) is 3.25. The lowest BCUT2D eigenvalue weighted by Crippen LogP contribution is -1.94. The zero-order valence-corrected chi connectivity index (χ0v) is 8.72. The summed E-state index contributed by atoms with van der Waals surface area (Å²) in [6, 6.07) is 5.97. The van der Waals surface area contributed by atoms with Gasteiger partial charge in [0, 0.05) is 5.56 Å². The highest BCUT2D eigenvalue weighted by atomic mass is 16.5. The number of methoxy groups -OCH3 is 1. The SMILES string of the molecule is C=C(C#N)c1cc(C)cc(C)c1OC. The van der Waals surface area contributed by atoms with E-state index in [9.17, 15) is 0 Å². The molecule has 2 heteroatoms. The molecule has 0 saturated heterocycles. The van der Waals surface area contributed by atoms with E-state index in [1.165, 1.54) is 0 Å². The molecule has 0 bridgehead atoms. The molecule has 14 heavy (non-hydrogen) atoms. The number of ether oxygens (including phenoxy) is 1. The normalized spacial score (nSPS) is 9.29. The average Bonchev–Trinajstić information content (AvgIpc) is 2.15. The summed E-state index contributed by atoms with van der Waals surface area (Å²) in [5, 5.41) is 8.78. The van der Waals surface area contributed by atoms with Crippen LogP contribution in [0.25, 0.3) is 5.57 Å². The lowest BCUT2D eigenvalue weighted by molar-refractivity contribution is 0.410. The van der Waals surface area contributed by atoms with Gasteiger partial charge in [0.1, 0.15) is 5.75 Å². The Hall–Kier alpha value is -1.75. The lowest BCUT2D eigenvalue weighted by Gasteiger charge is -2.11. The largest absolute Gasteiger partial charge is 0.496 e. The number of nitriles is 1. The van der Waals surface area contributed by atoms with Gasteiger partial charge in [0.15, 0.2) is 0 Å². The molecule has 0 aromatic heterocycles. The van der Waals surface area contributed by atoms with Crippen LogP contribution in [0.1, 0.15) is 16.7 Å². The van der Waals surface area contributed by atoms with Gasteiger partial charge in [-0.1, -0.05) is 12.6 Å². The summed E-state index contributed by atoms with van der Waals surface area (Å²) >= 11 is 0. The average molecular weight is 187 g/mol. The molecule has 0 aliphatic rings. The zero-order chi connectivity index (χ0) is 10.7. The molecule has 1 aromatic rings. The minimum Gasteiger partial charge on any atom is -0.496 e. The van der Waals surface area contributed by atoms with Crippen molar-refractivity contribution in [1.29, 1.82) is 5.26 Å². The molecule has 0 N–H and O–H groups in total. The van der Waals surface area contributed by atoms with Crippen LogP contribution in [0.4, 0.5) is 0 Å². The Morgan fingerprint density at radius 1 is 1.43 bits per heavy atom. The Bertz CT molecular complexity index is 413. The van der Waals surface area contributed by atoms with Gasteiger partial charge in [-0.15, -0.1) is 0 Å². The predicted molar refractivity (Wildman–Crippen MR) is 57.1 cm³/mol. The number of benzene rings is 1. The summed E-state index contributed by atoms with van der Waals surface area (Å²) in [6.07, 6.45) is 0. The Kier molecular flexibility index (Phi) is 2.93. The van der Waals surface area contributed by atoms with Gasteiger partial charge in [-0.25, -0.2) is 0 Å². The zero-order valence-electron chi connectivity index (χ0n) is 8.72. The first kappa shape index (κ1) is 10.3. The molecular weight excluding hydrogens is 174 g/mol. The molecule has 0 aliphatic carbocycles. The van der Waals surface area contributed by atoms with Crippen molar-refractivity contribution in [2.24, 2.45) is 0 Å². The Labute approximate surface area is 84.4 Å². The summed E-state index contributed by atoms with van der Waals surface area (Å²) in [5.74, 6) is 0.738. The van der Waals surface area contributed by atoms with E-state index in [2.05, 4.69) is 6.58 Å². The van der Waals surface area contributed by atoms with E-state index in [0.29, 0.717) is 5.57 Å². The lowest BCUT2D eigenvalue weighted by atomic mass is 10.0. The molecule has 1 aromatic carbocycles. The van der Waals surface area contributed by atoms with E-state index < -0.39 is 0 Å². The smallest absolute Gasteiger partial charge is 0.130 e. The number of rotatable bonds is 2. The van der Waals surface area contributed by atoms with E-state index >= 15 is 0 Å². The Balaban J connectivity index is 3.41. The molecule has 0 unspecified atom stereocenters. The van der Waals surface area contributed by atoms with Gasteiger partial charge >= 0.3 is 0 Å². The predicted octanol–water partition coefficient (Wildman–Crippen LogP) is 2.85. The minimum absolute atomic E-state index is 0.439. The maximum absolute atomic E-state index is 8.78. The van der Waals surface area contributed by atoms with Gasteiger partial charge in [-0.3, -0.25) is 0 Å². The second kappa shape index (κ2) is 3.97. The van der Waals surface area contributed by atoms with Crippen LogP contribution in [0.5, 0.6) is 5.75 Å². The number of allylic oxidation sites excluding steroid dienone is 1. The van der Waals surface area contributed by atoms with Crippen LogP contribution in [-0.2, 0) is 0 Å². The van der Waals surface area contributed by atoms with Gasteiger partial charge in [-0.05, 0) is 31.0 Å². The molecule has 0 heterocycles. The van der Waals surface area contributed by atoms with Crippen LogP contribution in [-0.4, -0.2) is 7.11 Å². The molecule has 0 aliphatic heterocycles. The highest BCUT2D eigenvalue weighted by Gasteiger charge is 2.09. The van der Waals surface area contributed by atoms with Crippen LogP contribution < -0.4 is 4.74 Å². The van der Waals surface area contributed by atoms with Gasteiger partial charge in [0.2, 0.25) is 0 Å². The number of hydrogen-bond acceptors (Lipinski definition) is 2. The van der Waals surface area contributed by atoms with Crippen LogP contribution in [0, 0.1) is 25.2 Å². The Morgan fingerprint density at radius 3 is 2.57 bits per heavy atom. The number of nitrogens with zero attached hydrogens (tertiary/aromatic N) is 1. The Morgan fingerprint density at radius 2 is 2.07 bits per heavy atom. The van der Waals surface area contributed by atoms with Crippen molar-refractivity contribution in [2.75, 3.05) is 7.11 Å². The van der Waals surface area contributed by atoms with Crippen LogP contribution in [0.2, 0.25) is 0 Å². The van der Waals surface area contributed by atoms with Crippen LogP contribution >= 0.6 is 0 Å². The maximum Gasteiger partial charge on any atom is 0.130 e. The highest BCUT2D eigenvalue weighted by Crippen LogP contribution is 2.29. The highest BCUT2D eigenvalue weighted by molar-refractivity contribution is 5.79. The van der Waals surface area contributed by atoms with E-state index in [-0.39, 0.29) is 0 Å². The first-order valence-corrected chi connectivity index (χ1v) is 4.34. The minimum atomic E-state index is 0.439. The third-order valence-corrected chi connectivity index (χ3v) is 2.08. The molecule has 0 amide bonds. The fraction of sp³-hybridized carbons (Fsp3) is 0.250. The van der Waals surface area contributed by atoms with Gasteiger partial charge in [0.05, 0.1) is 18.8 Å². The summed E-state index contributed by atoms with van der Waals surface area (Å²) < 4.78 is 5.24. The van der Waals surface area contributed by atoms with Gasteiger partial charge in [0.25, 0.3) is 0 Å². The summed E-state index contributed by atoms with van der Waals surface area (Å²) in [4.78, 5) is 0. The molecule has 1 rings (SSSR count). The molecule has 0 radical (unpaired) electrons. The van der Waals surface area contributed by atoms with Gasteiger partial charge < -0.3 is 4.74 Å². The molecule has 0 fully saturated rings. The quantitative estimate of drug-likeness (QED) is 0.667. The van der Waals surface area contributed by atoms with Crippen molar-refractivity contribution >= 4 is 5.57 Å². The number of hydrogen-bond donors (Lipinski definition) is 0.